The van der Waals surface area contributed by atoms with E-state index >= 15 is 0 Å². The molecule has 5 nitrogen and oxygen atoms in total. The molecule has 1 aliphatic rings. The zero-order chi connectivity index (χ0) is 13.5. The number of hydrogen-bond donors (Lipinski definition) is 3. The maximum atomic E-state index is 12.2. The third-order valence-electron chi connectivity index (χ3n) is 2.86. The summed E-state index contributed by atoms with van der Waals surface area (Å²) in [4.78, 5) is 23.7. The molecule has 1 saturated heterocycles. The van der Waals surface area contributed by atoms with Crippen LogP contribution < -0.4 is 16.8 Å². The van der Waals surface area contributed by atoms with E-state index in [1.54, 1.807) is 28.5 Å². The third kappa shape index (κ3) is 4.89. The summed E-state index contributed by atoms with van der Waals surface area (Å²) in [6.07, 6.45) is 1.39. The van der Waals surface area contributed by atoms with Crippen molar-refractivity contribution >= 4 is 33.2 Å². The summed E-state index contributed by atoms with van der Waals surface area (Å²) in [6, 6.07) is -1.10. The van der Waals surface area contributed by atoms with Crippen LogP contribution in [-0.4, -0.2) is 47.7 Å². The number of nitrogens with one attached hydrogen (secondary N) is 1. The van der Waals surface area contributed by atoms with E-state index in [1.807, 2.05) is 0 Å². The Kier molecular flexibility index (Phi) is 7.25. The predicted molar refractivity (Wildman–Crippen MR) is 77.6 cm³/mol. The Hall–Kier alpha value is -0.0800. The molecule has 1 heterocycles. The van der Waals surface area contributed by atoms with E-state index in [0.717, 1.165) is 6.42 Å². The number of carbonyl (C=O) groups is 2. The lowest BCUT2D eigenvalue weighted by atomic mass is 10.0. The average molecular weight is 291 g/mol. The molecule has 104 valence electrons. The van der Waals surface area contributed by atoms with Crippen molar-refractivity contribution in [2.24, 2.45) is 11.5 Å². The molecule has 1 rings (SSSR count). The highest BCUT2D eigenvalue weighted by molar-refractivity contribution is 8.76. The van der Waals surface area contributed by atoms with E-state index in [4.69, 9.17) is 11.5 Å². The molecule has 0 spiro atoms. The molecule has 0 aromatic rings. The minimum absolute atomic E-state index is 0.00954. The average Bonchev–Trinajstić information content (AvgIpc) is 2.40. The van der Waals surface area contributed by atoms with Gasteiger partial charge >= 0.3 is 0 Å². The molecule has 18 heavy (non-hydrogen) atoms. The largest absolute Gasteiger partial charge is 0.330 e. The summed E-state index contributed by atoms with van der Waals surface area (Å²) < 4.78 is 0. The molecule has 3 atom stereocenters. The van der Waals surface area contributed by atoms with Crippen LogP contribution in [-0.2, 0) is 9.59 Å². The minimum Gasteiger partial charge on any atom is -0.330 e. The smallest absolute Gasteiger partial charge is 0.167 e. The monoisotopic (exact) mass is 291 g/mol. The third-order valence-corrected chi connectivity index (χ3v) is 5.31. The molecule has 0 bridgehead atoms. The summed E-state index contributed by atoms with van der Waals surface area (Å²) >= 11 is 0. The second-order valence-corrected chi connectivity index (χ2v) is 6.94. The molecule has 1 fully saturated rings. The zero-order valence-electron chi connectivity index (χ0n) is 10.6. The van der Waals surface area contributed by atoms with E-state index < -0.39 is 6.04 Å². The van der Waals surface area contributed by atoms with Crippen LogP contribution in [0.15, 0.2) is 0 Å². The van der Waals surface area contributed by atoms with Gasteiger partial charge in [0.2, 0.25) is 0 Å². The predicted octanol–water partition coefficient (Wildman–Crippen LogP) is -0.0675. The highest BCUT2D eigenvalue weighted by Gasteiger charge is 2.29. The number of carbonyl (C=O) groups excluding carboxylic acids is 2. The van der Waals surface area contributed by atoms with Crippen molar-refractivity contribution in [3.05, 3.63) is 0 Å². The molecule has 1 aliphatic heterocycles. The van der Waals surface area contributed by atoms with Gasteiger partial charge in [-0.15, -0.1) is 0 Å². The van der Waals surface area contributed by atoms with Gasteiger partial charge in [-0.1, -0.05) is 21.6 Å². The van der Waals surface area contributed by atoms with Crippen molar-refractivity contribution < 1.29 is 9.59 Å². The lowest BCUT2D eigenvalue weighted by Crippen LogP contribution is -2.52. The highest BCUT2D eigenvalue weighted by Crippen LogP contribution is 2.25. The fourth-order valence-electron chi connectivity index (χ4n) is 1.73. The van der Waals surface area contributed by atoms with Gasteiger partial charge in [0.15, 0.2) is 5.78 Å². The Labute approximate surface area is 116 Å². The van der Waals surface area contributed by atoms with Crippen molar-refractivity contribution in [1.29, 1.82) is 0 Å². The first-order chi connectivity index (χ1) is 8.56. The van der Waals surface area contributed by atoms with Gasteiger partial charge in [-0.3, -0.25) is 14.9 Å². The Morgan fingerprint density at radius 2 is 2.11 bits per heavy atom. The summed E-state index contributed by atoms with van der Waals surface area (Å²) in [5.74, 6) is 1.31. The van der Waals surface area contributed by atoms with Gasteiger partial charge in [0.1, 0.15) is 5.78 Å². The molecule has 0 aliphatic carbocycles. The summed E-state index contributed by atoms with van der Waals surface area (Å²) in [5.41, 5.74) is 11.3. The standard InChI is InChI=1S/C11H21N3O2S2/c1-7(15)10-6-18-17-5-8(13)11(16)9(14-10)3-2-4-12/h8-10,14H,2-6,12-13H2,1H3/t8?,9-,10?/m0/s1. The van der Waals surface area contributed by atoms with Crippen LogP contribution in [0.25, 0.3) is 0 Å². The van der Waals surface area contributed by atoms with Crippen molar-refractivity contribution in [3.63, 3.8) is 0 Å². The molecule has 0 amide bonds. The van der Waals surface area contributed by atoms with E-state index in [9.17, 15) is 9.59 Å². The van der Waals surface area contributed by atoms with Gasteiger partial charge in [-0.25, -0.2) is 0 Å². The lowest BCUT2D eigenvalue weighted by molar-refractivity contribution is -0.123. The van der Waals surface area contributed by atoms with Gasteiger partial charge in [0.25, 0.3) is 0 Å². The Morgan fingerprint density at radius 3 is 2.72 bits per heavy atom. The van der Waals surface area contributed by atoms with Gasteiger partial charge in [0, 0.05) is 11.5 Å². The van der Waals surface area contributed by atoms with E-state index in [2.05, 4.69) is 5.32 Å². The molecular formula is C11H21N3O2S2. The van der Waals surface area contributed by atoms with Crippen LogP contribution in [0, 0.1) is 0 Å². The van der Waals surface area contributed by atoms with Crippen molar-refractivity contribution in [3.8, 4) is 0 Å². The second kappa shape index (κ2) is 8.16. The summed E-state index contributed by atoms with van der Waals surface area (Å²) in [7, 11) is 3.14. The first-order valence-corrected chi connectivity index (χ1v) is 8.55. The Bertz CT molecular complexity index is 302. The molecule has 2 unspecified atom stereocenters. The normalized spacial score (nSPS) is 30.4. The molecule has 0 aromatic carbocycles. The molecule has 0 aromatic heterocycles. The Morgan fingerprint density at radius 1 is 1.44 bits per heavy atom. The summed E-state index contributed by atoms with van der Waals surface area (Å²) in [6.45, 7) is 2.08. The molecular weight excluding hydrogens is 270 g/mol. The topological polar surface area (TPSA) is 98.2 Å². The second-order valence-electron chi connectivity index (χ2n) is 4.39. The van der Waals surface area contributed by atoms with E-state index in [1.165, 1.54) is 0 Å². The van der Waals surface area contributed by atoms with Crippen LogP contribution in [0.2, 0.25) is 0 Å². The van der Waals surface area contributed by atoms with Crippen LogP contribution in [0.3, 0.4) is 0 Å². The first kappa shape index (κ1) is 16.0. The van der Waals surface area contributed by atoms with Crippen LogP contribution in [0.4, 0.5) is 0 Å². The number of hydrogen-bond acceptors (Lipinski definition) is 7. The maximum absolute atomic E-state index is 12.2. The SMILES string of the molecule is CC(=O)C1CSSCC(N)C(=O)[C@H](CCCN)N1. The van der Waals surface area contributed by atoms with Crippen LogP contribution >= 0.6 is 21.6 Å². The van der Waals surface area contributed by atoms with Crippen molar-refractivity contribution in [1.82, 2.24) is 5.32 Å². The number of rotatable bonds is 4. The number of Topliss-reactive ketones (excluding diaryl/α,β-unsaturated/α-hetero) is 2. The van der Waals surface area contributed by atoms with Crippen LogP contribution in [0.5, 0.6) is 0 Å². The molecule has 7 heteroatoms. The zero-order valence-corrected chi connectivity index (χ0v) is 12.2. The minimum atomic E-state index is -0.469. The maximum Gasteiger partial charge on any atom is 0.167 e. The van der Waals surface area contributed by atoms with Crippen molar-refractivity contribution in [2.45, 2.75) is 37.9 Å². The van der Waals surface area contributed by atoms with Gasteiger partial charge in [-0.05, 0) is 26.3 Å². The van der Waals surface area contributed by atoms with E-state index in [0.29, 0.717) is 24.5 Å². The fraction of sp³-hybridized carbons (Fsp3) is 0.818. The summed E-state index contributed by atoms with van der Waals surface area (Å²) in [5, 5.41) is 3.14. The van der Waals surface area contributed by atoms with Crippen molar-refractivity contribution in [2.75, 3.05) is 18.1 Å². The van der Waals surface area contributed by atoms with Gasteiger partial charge in [0.05, 0.1) is 18.1 Å². The van der Waals surface area contributed by atoms with E-state index in [-0.39, 0.29) is 23.7 Å². The fourth-order valence-corrected chi connectivity index (χ4v) is 4.13. The molecule has 0 saturated carbocycles. The number of ketones is 2. The highest BCUT2D eigenvalue weighted by atomic mass is 33.1. The quantitative estimate of drug-likeness (QED) is 0.624. The van der Waals surface area contributed by atoms with Gasteiger partial charge < -0.3 is 11.5 Å². The molecule has 0 radical (unpaired) electrons. The van der Waals surface area contributed by atoms with Crippen LogP contribution in [0.1, 0.15) is 19.8 Å². The lowest BCUT2D eigenvalue weighted by Gasteiger charge is -2.23. The van der Waals surface area contributed by atoms with Gasteiger partial charge in [-0.2, -0.15) is 0 Å². The molecule has 5 N–H and O–H groups in total. The Balaban J connectivity index is 2.75. The first-order valence-electron chi connectivity index (χ1n) is 6.06. The number of nitrogens with two attached hydrogens (primary N) is 2.